The van der Waals surface area contributed by atoms with Crippen LogP contribution in [0.25, 0.3) is 0 Å². The second kappa shape index (κ2) is 8.00. The van der Waals surface area contributed by atoms with Crippen LogP contribution < -0.4 is 11.1 Å². The molecule has 1 aromatic rings. The Balaban J connectivity index is 2.50. The molecule has 0 aromatic heterocycles. The molecule has 0 aliphatic carbocycles. The number of carbonyl (C=O) groups is 1. The summed E-state index contributed by atoms with van der Waals surface area (Å²) in [6.07, 6.45) is 1.40. The molecule has 3 nitrogen and oxygen atoms in total. The molecule has 2 atom stereocenters. The number of carbonyl (C=O) groups excluding carboxylic acids is 1. The lowest BCUT2D eigenvalue weighted by Gasteiger charge is -2.19. The monoisotopic (exact) mass is 280 g/mol. The topological polar surface area (TPSA) is 55.1 Å². The number of amides is 1. The van der Waals surface area contributed by atoms with Gasteiger partial charge in [0, 0.05) is 6.42 Å². The average Bonchev–Trinajstić information content (AvgIpc) is 2.37. The zero-order valence-electron chi connectivity index (χ0n) is 12.5. The Labute approximate surface area is 120 Å². The van der Waals surface area contributed by atoms with Gasteiger partial charge in [-0.2, -0.15) is 0 Å². The number of nitrogens with two attached hydrogens (primary N) is 1. The molecule has 1 rings (SSSR count). The Kier molecular flexibility index (Phi) is 6.65. The standard InChI is InChI=1S/C16H25FN2O/c1-11(2)8-13(10-18)9-16(20)19-12(3)14-4-6-15(17)7-5-14/h4-7,11-13H,8-10,18H2,1-3H3,(H,19,20)/t12?,13-/m0/s1. The molecular formula is C16H25FN2O. The van der Waals surface area contributed by atoms with Crippen LogP contribution in [-0.4, -0.2) is 12.5 Å². The number of rotatable bonds is 7. The van der Waals surface area contributed by atoms with E-state index in [-0.39, 0.29) is 23.7 Å². The Bertz CT molecular complexity index is 417. The predicted octanol–water partition coefficient (Wildman–Crippen LogP) is 3.01. The molecule has 4 heteroatoms. The fourth-order valence-electron chi connectivity index (χ4n) is 2.33. The summed E-state index contributed by atoms with van der Waals surface area (Å²) in [5, 5.41) is 2.94. The Morgan fingerprint density at radius 2 is 1.85 bits per heavy atom. The van der Waals surface area contributed by atoms with E-state index in [1.54, 1.807) is 12.1 Å². The van der Waals surface area contributed by atoms with Crippen LogP contribution in [0.2, 0.25) is 0 Å². The fourth-order valence-corrected chi connectivity index (χ4v) is 2.33. The molecule has 1 amide bonds. The minimum atomic E-state index is -0.271. The second-order valence-electron chi connectivity index (χ2n) is 5.78. The highest BCUT2D eigenvalue weighted by molar-refractivity contribution is 5.76. The van der Waals surface area contributed by atoms with E-state index in [9.17, 15) is 9.18 Å². The van der Waals surface area contributed by atoms with Crippen molar-refractivity contribution in [2.45, 2.75) is 39.7 Å². The summed E-state index contributed by atoms with van der Waals surface area (Å²) in [5.41, 5.74) is 6.60. The van der Waals surface area contributed by atoms with Crippen molar-refractivity contribution in [3.8, 4) is 0 Å². The number of benzene rings is 1. The highest BCUT2D eigenvalue weighted by atomic mass is 19.1. The van der Waals surface area contributed by atoms with Crippen molar-refractivity contribution in [3.63, 3.8) is 0 Å². The van der Waals surface area contributed by atoms with Crippen LogP contribution in [0.5, 0.6) is 0 Å². The molecule has 0 spiro atoms. The molecule has 0 saturated carbocycles. The molecular weight excluding hydrogens is 255 g/mol. The van der Waals surface area contributed by atoms with E-state index in [1.807, 2.05) is 6.92 Å². The van der Waals surface area contributed by atoms with Gasteiger partial charge < -0.3 is 11.1 Å². The molecule has 112 valence electrons. The summed E-state index contributed by atoms with van der Waals surface area (Å²) < 4.78 is 12.9. The summed E-state index contributed by atoms with van der Waals surface area (Å²) in [6, 6.07) is 6.06. The van der Waals surface area contributed by atoms with Crippen molar-refractivity contribution in [2.75, 3.05) is 6.54 Å². The maximum absolute atomic E-state index is 12.9. The van der Waals surface area contributed by atoms with Gasteiger partial charge in [0.1, 0.15) is 5.82 Å². The van der Waals surface area contributed by atoms with E-state index < -0.39 is 0 Å². The molecule has 1 unspecified atom stereocenters. The lowest BCUT2D eigenvalue weighted by molar-refractivity contribution is -0.122. The van der Waals surface area contributed by atoms with E-state index in [4.69, 9.17) is 5.73 Å². The molecule has 0 aliphatic rings. The SMILES string of the molecule is CC(C)C[C@H](CN)CC(=O)NC(C)c1ccc(F)cc1. The number of hydrogen-bond acceptors (Lipinski definition) is 2. The van der Waals surface area contributed by atoms with Crippen molar-refractivity contribution < 1.29 is 9.18 Å². The minimum Gasteiger partial charge on any atom is -0.350 e. The van der Waals surface area contributed by atoms with Gasteiger partial charge >= 0.3 is 0 Å². The van der Waals surface area contributed by atoms with Crippen LogP contribution >= 0.6 is 0 Å². The first-order valence-electron chi connectivity index (χ1n) is 7.17. The highest BCUT2D eigenvalue weighted by Crippen LogP contribution is 2.16. The van der Waals surface area contributed by atoms with Gasteiger partial charge in [0.15, 0.2) is 0 Å². The third-order valence-electron chi connectivity index (χ3n) is 3.36. The third-order valence-corrected chi connectivity index (χ3v) is 3.36. The Morgan fingerprint density at radius 1 is 1.25 bits per heavy atom. The van der Waals surface area contributed by atoms with Crippen LogP contribution in [-0.2, 0) is 4.79 Å². The molecule has 3 N–H and O–H groups in total. The second-order valence-corrected chi connectivity index (χ2v) is 5.78. The quantitative estimate of drug-likeness (QED) is 0.806. The molecule has 0 aliphatic heterocycles. The van der Waals surface area contributed by atoms with E-state index in [1.165, 1.54) is 12.1 Å². The lowest BCUT2D eigenvalue weighted by Crippen LogP contribution is -2.30. The van der Waals surface area contributed by atoms with Crippen molar-refractivity contribution in [3.05, 3.63) is 35.6 Å². The first-order chi connectivity index (χ1) is 9.42. The maximum atomic E-state index is 12.9. The summed E-state index contributed by atoms with van der Waals surface area (Å²) >= 11 is 0. The van der Waals surface area contributed by atoms with Gasteiger partial charge in [-0.15, -0.1) is 0 Å². The van der Waals surface area contributed by atoms with Gasteiger partial charge in [-0.25, -0.2) is 4.39 Å². The number of hydrogen-bond donors (Lipinski definition) is 2. The maximum Gasteiger partial charge on any atom is 0.220 e. The molecule has 0 radical (unpaired) electrons. The van der Waals surface area contributed by atoms with Crippen LogP contribution in [0.3, 0.4) is 0 Å². The smallest absolute Gasteiger partial charge is 0.220 e. The van der Waals surface area contributed by atoms with Crippen LogP contribution in [0.4, 0.5) is 4.39 Å². The summed E-state index contributed by atoms with van der Waals surface area (Å²) in [7, 11) is 0. The van der Waals surface area contributed by atoms with Crippen LogP contribution in [0, 0.1) is 17.7 Å². The molecule has 0 fully saturated rings. The normalized spacial score (nSPS) is 14.1. The molecule has 0 heterocycles. The Morgan fingerprint density at radius 3 is 2.35 bits per heavy atom. The molecule has 0 bridgehead atoms. The largest absolute Gasteiger partial charge is 0.350 e. The third kappa shape index (κ3) is 5.70. The number of halogens is 1. The summed E-state index contributed by atoms with van der Waals surface area (Å²) in [6.45, 7) is 6.67. The van der Waals surface area contributed by atoms with Crippen molar-refractivity contribution in [2.24, 2.45) is 17.6 Å². The van der Waals surface area contributed by atoms with Gasteiger partial charge in [-0.3, -0.25) is 4.79 Å². The predicted molar refractivity (Wildman–Crippen MR) is 79.6 cm³/mol. The summed E-state index contributed by atoms with van der Waals surface area (Å²) in [4.78, 5) is 12.0. The zero-order valence-corrected chi connectivity index (χ0v) is 12.5. The molecule has 0 saturated heterocycles. The van der Waals surface area contributed by atoms with Gasteiger partial charge in [0.2, 0.25) is 5.91 Å². The summed E-state index contributed by atoms with van der Waals surface area (Å²) in [5.74, 6) is 0.478. The van der Waals surface area contributed by atoms with Gasteiger partial charge in [-0.05, 0) is 49.4 Å². The molecule has 1 aromatic carbocycles. The first kappa shape index (κ1) is 16.6. The Hall–Kier alpha value is -1.42. The fraction of sp³-hybridized carbons (Fsp3) is 0.562. The van der Waals surface area contributed by atoms with Crippen molar-refractivity contribution in [1.82, 2.24) is 5.32 Å². The van der Waals surface area contributed by atoms with E-state index in [0.29, 0.717) is 18.9 Å². The van der Waals surface area contributed by atoms with Crippen LogP contribution in [0.15, 0.2) is 24.3 Å². The van der Waals surface area contributed by atoms with Gasteiger partial charge in [0.05, 0.1) is 6.04 Å². The minimum absolute atomic E-state index is 0.00192. The molecule has 20 heavy (non-hydrogen) atoms. The van der Waals surface area contributed by atoms with Crippen molar-refractivity contribution >= 4 is 5.91 Å². The first-order valence-corrected chi connectivity index (χ1v) is 7.17. The van der Waals surface area contributed by atoms with E-state index >= 15 is 0 Å². The van der Waals surface area contributed by atoms with Gasteiger partial charge in [-0.1, -0.05) is 26.0 Å². The number of nitrogens with one attached hydrogen (secondary N) is 1. The van der Waals surface area contributed by atoms with E-state index in [2.05, 4.69) is 19.2 Å². The van der Waals surface area contributed by atoms with Gasteiger partial charge in [0.25, 0.3) is 0 Å². The van der Waals surface area contributed by atoms with Crippen molar-refractivity contribution in [1.29, 1.82) is 0 Å². The van der Waals surface area contributed by atoms with Crippen LogP contribution in [0.1, 0.15) is 45.2 Å². The zero-order chi connectivity index (χ0) is 15.1. The highest BCUT2D eigenvalue weighted by Gasteiger charge is 2.16. The lowest BCUT2D eigenvalue weighted by atomic mass is 9.94. The average molecular weight is 280 g/mol. The van der Waals surface area contributed by atoms with E-state index in [0.717, 1.165) is 12.0 Å².